The standard InChI is InChI=1S/C21H19Cl2FO2/c1-21(2)17(11-18(22)23)19(21)20(25)26-12-13-5-3-6-14(9-13)15-7-4-8-16(24)10-15/h3-11,17,19H,12H2,1-2H3/t17-,19-/m1/s1. The van der Waals surface area contributed by atoms with Crippen LogP contribution in [0.25, 0.3) is 11.1 Å². The van der Waals surface area contributed by atoms with E-state index in [9.17, 15) is 9.18 Å². The fourth-order valence-corrected chi connectivity index (χ4v) is 3.60. The fraction of sp³-hybridized carbons (Fsp3) is 0.286. The lowest BCUT2D eigenvalue weighted by atomic mass is 10.0. The molecule has 2 nitrogen and oxygen atoms in total. The molecule has 2 atom stereocenters. The molecule has 0 spiro atoms. The van der Waals surface area contributed by atoms with Gasteiger partial charge in [-0.1, -0.05) is 67.4 Å². The van der Waals surface area contributed by atoms with Crippen LogP contribution in [0.5, 0.6) is 0 Å². The monoisotopic (exact) mass is 392 g/mol. The van der Waals surface area contributed by atoms with Crippen LogP contribution in [0.1, 0.15) is 19.4 Å². The number of carbonyl (C=O) groups excluding carboxylic acids is 1. The highest BCUT2D eigenvalue weighted by Crippen LogP contribution is 2.60. The van der Waals surface area contributed by atoms with Gasteiger partial charge in [-0.25, -0.2) is 4.39 Å². The third kappa shape index (κ3) is 4.11. The average Bonchev–Trinajstić information content (AvgIpc) is 3.12. The summed E-state index contributed by atoms with van der Waals surface area (Å²) in [7, 11) is 0. The predicted molar refractivity (Wildman–Crippen MR) is 102 cm³/mol. The third-order valence-electron chi connectivity index (χ3n) is 4.94. The topological polar surface area (TPSA) is 26.3 Å². The first-order chi connectivity index (χ1) is 12.3. The van der Waals surface area contributed by atoms with Gasteiger partial charge in [0.1, 0.15) is 16.9 Å². The van der Waals surface area contributed by atoms with Gasteiger partial charge in [-0.2, -0.15) is 0 Å². The number of ether oxygens (including phenoxy) is 1. The maximum absolute atomic E-state index is 13.4. The summed E-state index contributed by atoms with van der Waals surface area (Å²) in [6.45, 7) is 4.14. The van der Waals surface area contributed by atoms with Crippen molar-refractivity contribution < 1.29 is 13.9 Å². The lowest BCUT2D eigenvalue weighted by molar-refractivity contribution is -0.147. The molecule has 0 N–H and O–H groups in total. The minimum absolute atomic E-state index is 0.0152. The van der Waals surface area contributed by atoms with Crippen molar-refractivity contribution in [2.45, 2.75) is 20.5 Å². The quantitative estimate of drug-likeness (QED) is 0.572. The van der Waals surface area contributed by atoms with Gasteiger partial charge in [-0.3, -0.25) is 4.79 Å². The molecule has 3 rings (SSSR count). The van der Waals surface area contributed by atoms with Gasteiger partial charge in [-0.05, 0) is 52.3 Å². The molecule has 0 radical (unpaired) electrons. The van der Waals surface area contributed by atoms with Gasteiger partial charge in [0.05, 0.1) is 5.92 Å². The summed E-state index contributed by atoms with van der Waals surface area (Å²) in [5, 5.41) is 0. The zero-order valence-corrected chi connectivity index (χ0v) is 16.0. The van der Waals surface area contributed by atoms with Crippen molar-refractivity contribution in [2.75, 3.05) is 0 Å². The molecule has 1 aliphatic carbocycles. The van der Waals surface area contributed by atoms with Crippen molar-refractivity contribution in [2.24, 2.45) is 17.3 Å². The van der Waals surface area contributed by atoms with E-state index in [1.165, 1.54) is 12.1 Å². The second-order valence-electron chi connectivity index (χ2n) is 7.10. The number of rotatable bonds is 5. The molecule has 2 aromatic rings. The van der Waals surface area contributed by atoms with Crippen molar-refractivity contribution >= 4 is 29.2 Å². The summed E-state index contributed by atoms with van der Waals surface area (Å²) in [6, 6.07) is 13.9. The number of hydrogen-bond acceptors (Lipinski definition) is 2. The van der Waals surface area contributed by atoms with E-state index in [0.717, 1.165) is 16.7 Å². The minimum atomic E-state index is -0.285. The van der Waals surface area contributed by atoms with Crippen LogP contribution in [0.4, 0.5) is 4.39 Å². The van der Waals surface area contributed by atoms with E-state index in [2.05, 4.69) is 0 Å². The second-order valence-corrected chi connectivity index (χ2v) is 8.11. The van der Waals surface area contributed by atoms with Crippen molar-refractivity contribution in [1.82, 2.24) is 0 Å². The van der Waals surface area contributed by atoms with Gasteiger partial charge in [0.2, 0.25) is 0 Å². The fourth-order valence-electron chi connectivity index (χ4n) is 3.33. The highest BCUT2D eigenvalue weighted by atomic mass is 35.5. The molecule has 2 aromatic carbocycles. The average molecular weight is 393 g/mol. The zero-order valence-electron chi connectivity index (χ0n) is 14.5. The molecule has 0 aromatic heterocycles. The molecule has 0 saturated heterocycles. The van der Waals surface area contributed by atoms with Crippen molar-refractivity contribution in [3.8, 4) is 11.1 Å². The number of halogens is 3. The Bertz CT molecular complexity index is 857. The summed E-state index contributed by atoms with van der Waals surface area (Å²) in [5.74, 6) is -0.811. The Morgan fingerprint density at radius 2 is 1.81 bits per heavy atom. The number of benzene rings is 2. The first-order valence-electron chi connectivity index (χ1n) is 8.33. The summed E-state index contributed by atoms with van der Waals surface area (Å²) >= 11 is 11.4. The molecule has 1 fully saturated rings. The van der Waals surface area contributed by atoms with Crippen LogP contribution >= 0.6 is 23.2 Å². The van der Waals surface area contributed by atoms with E-state index < -0.39 is 0 Å². The summed E-state index contributed by atoms with van der Waals surface area (Å²) in [5.41, 5.74) is 2.29. The zero-order chi connectivity index (χ0) is 18.9. The van der Waals surface area contributed by atoms with Crippen LogP contribution < -0.4 is 0 Å². The van der Waals surface area contributed by atoms with E-state index >= 15 is 0 Å². The first-order valence-corrected chi connectivity index (χ1v) is 9.09. The Hall–Kier alpha value is -1.84. The molecule has 5 heteroatoms. The Labute approximate surface area is 162 Å². The van der Waals surface area contributed by atoms with Gasteiger partial charge in [0.15, 0.2) is 0 Å². The Morgan fingerprint density at radius 1 is 1.15 bits per heavy atom. The predicted octanol–water partition coefficient (Wildman–Crippen LogP) is 6.13. The molecule has 1 saturated carbocycles. The van der Waals surface area contributed by atoms with E-state index in [0.29, 0.717) is 0 Å². The molecule has 0 heterocycles. The normalized spacial score (nSPS) is 20.3. The van der Waals surface area contributed by atoms with Gasteiger partial charge < -0.3 is 4.74 Å². The van der Waals surface area contributed by atoms with Crippen LogP contribution in [-0.4, -0.2) is 5.97 Å². The van der Waals surface area contributed by atoms with Crippen LogP contribution in [-0.2, 0) is 16.1 Å². The summed E-state index contributed by atoms with van der Waals surface area (Å²) < 4.78 is 19.1. The SMILES string of the molecule is CC1(C)[C@H](C=C(Cl)Cl)[C@@H]1C(=O)OCc1cccc(-c2cccc(F)c2)c1. The number of esters is 1. The van der Waals surface area contributed by atoms with Crippen LogP contribution in [0, 0.1) is 23.1 Å². The van der Waals surface area contributed by atoms with E-state index in [1.807, 2.05) is 44.2 Å². The van der Waals surface area contributed by atoms with Gasteiger partial charge in [0.25, 0.3) is 0 Å². The Kier molecular flexibility index (Phi) is 5.40. The minimum Gasteiger partial charge on any atom is -0.461 e. The van der Waals surface area contributed by atoms with Crippen LogP contribution in [0.15, 0.2) is 59.1 Å². The van der Waals surface area contributed by atoms with E-state index in [1.54, 1.807) is 12.1 Å². The summed E-state index contributed by atoms with van der Waals surface area (Å²) in [4.78, 5) is 12.4. The van der Waals surface area contributed by atoms with Crippen molar-refractivity contribution in [1.29, 1.82) is 0 Å². The maximum Gasteiger partial charge on any atom is 0.310 e. The molecule has 0 unspecified atom stereocenters. The molecular formula is C21H19Cl2FO2. The third-order valence-corrected chi connectivity index (χ3v) is 5.19. The smallest absolute Gasteiger partial charge is 0.310 e. The van der Waals surface area contributed by atoms with Gasteiger partial charge in [0, 0.05) is 0 Å². The lowest BCUT2D eigenvalue weighted by Gasteiger charge is -2.08. The van der Waals surface area contributed by atoms with Crippen LogP contribution in [0.3, 0.4) is 0 Å². The summed E-state index contributed by atoms with van der Waals surface area (Å²) in [6.07, 6.45) is 1.69. The molecule has 0 aliphatic heterocycles. The van der Waals surface area contributed by atoms with E-state index in [4.69, 9.17) is 27.9 Å². The Morgan fingerprint density at radius 3 is 2.46 bits per heavy atom. The Balaban J connectivity index is 1.66. The van der Waals surface area contributed by atoms with E-state index in [-0.39, 0.29) is 40.1 Å². The highest BCUT2D eigenvalue weighted by Gasteiger charge is 2.61. The second kappa shape index (κ2) is 7.42. The van der Waals surface area contributed by atoms with Crippen LogP contribution in [0.2, 0.25) is 0 Å². The molecule has 136 valence electrons. The molecule has 1 aliphatic rings. The molecule has 0 amide bonds. The lowest BCUT2D eigenvalue weighted by Crippen LogP contribution is -2.10. The largest absolute Gasteiger partial charge is 0.461 e. The van der Waals surface area contributed by atoms with Gasteiger partial charge in [-0.15, -0.1) is 0 Å². The maximum atomic E-state index is 13.4. The van der Waals surface area contributed by atoms with Crippen molar-refractivity contribution in [3.63, 3.8) is 0 Å². The number of allylic oxidation sites excluding steroid dienone is 1. The highest BCUT2D eigenvalue weighted by molar-refractivity contribution is 6.55. The number of carbonyl (C=O) groups is 1. The van der Waals surface area contributed by atoms with Gasteiger partial charge >= 0.3 is 5.97 Å². The molecular weight excluding hydrogens is 374 g/mol. The first kappa shape index (κ1) is 18.9. The molecule has 0 bridgehead atoms. The van der Waals surface area contributed by atoms with Crippen molar-refractivity contribution in [3.05, 3.63) is 70.5 Å². The number of hydrogen-bond donors (Lipinski definition) is 0. The molecule has 26 heavy (non-hydrogen) atoms.